The van der Waals surface area contributed by atoms with Crippen molar-refractivity contribution < 1.29 is 5.11 Å². The molecule has 0 fully saturated rings. The third-order valence-corrected chi connectivity index (χ3v) is 6.42. The van der Waals surface area contributed by atoms with E-state index in [1.54, 1.807) is 0 Å². The van der Waals surface area contributed by atoms with Crippen molar-refractivity contribution in [2.45, 2.75) is 16.8 Å². The molecule has 1 N–H and O–H groups in total. The van der Waals surface area contributed by atoms with Crippen LogP contribution in [-0.4, -0.2) is 22.7 Å². The van der Waals surface area contributed by atoms with E-state index in [1.165, 1.54) is 22.3 Å². The Labute approximate surface area is 153 Å². The summed E-state index contributed by atoms with van der Waals surface area (Å²) in [7, 11) is 0. The SMILES string of the molecule is C=Cc1ccccc1CSCC(CO)SCc1ccccc1C=C. The predicted octanol–water partition coefficient (Wildman–Crippen LogP) is 5.50. The first-order chi connectivity index (χ1) is 11.8. The van der Waals surface area contributed by atoms with Crippen LogP contribution < -0.4 is 0 Å². The van der Waals surface area contributed by atoms with Crippen LogP contribution in [0.3, 0.4) is 0 Å². The summed E-state index contributed by atoms with van der Waals surface area (Å²) in [5, 5.41) is 9.90. The molecule has 1 unspecified atom stereocenters. The van der Waals surface area contributed by atoms with Gasteiger partial charge >= 0.3 is 0 Å². The van der Waals surface area contributed by atoms with E-state index in [-0.39, 0.29) is 11.9 Å². The zero-order chi connectivity index (χ0) is 17.2. The summed E-state index contributed by atoms with van der Waals surface area (Å²) in [6.07, 6.45) is 3.80. The highest BCUT2D eigenvalue weighted by atomic mass is 32.2. The maximum Gasteiger partial charge on any atom is 0.0558 e. The Morgan fingerprint density at radius 1 is 0.875 bits per heavy atom. The van der Waals surface area contributed by atoms with Crippen LogP contribution in [0.5, 0.6) is 0 Å². The van der Waals surface area contributed by atoms with Crippen molar-refractivity contribution in [2.75, 3.05) is 12.4 Å². The molecule has 0 amide bonds. The normalized spacial score (nSPS) is 11.9. The highest BCUT2D eigenvalue weighted by Crippen LogP contribution is 2.25. The second kappa shape index (κ2) is 10.4. The average Bonchev–Trinajstić information content (AvgIpc) is 2.65. The molecule has 0 bridgehead atoms. The predicted molar refractivity (Wildman–Crippen MR) is 111 cm³/mol. The molecule has 0 aliphatic heterocycles. The molecule has 126 valence electrons. The minimum Gasteiger partial charge on any atom is -0.395 e. The number of hydrogen-bond donors (Lipinski definition) is 1. The van der Waals surface area contributed by atoms with Crippen molar-refractivity contribution in [2.24, 2.45) is 0 Å². The molecule has 2 rings (SSSR count). The summed E-state index contributed by atoms with van der Waals surface area (Å²) in [5.74, 6) is 2.78. The summed E-state index contributed by atoms with van der Waals surface area (Å²) in [6, 6.07) is 16.6. The Kier molecular flexibility index (Phi) is 8.23. The summed E-state index contributed by atoms with van der Waals surface area (Å²) in [4.78, 5) is 0. The van der Waals surface area contributed by atoms with Gasteiger partial charge in [0.2, 0.25) is 0 Å². The van der Waals surface area contributed by atoms with Crippen molar-refractivity contribution in [1.29, 1.82) is 0 Å². The minimum atomic E-state index is 0.205. The van der Waals surface area contributed by atoms with Gasteiger partial charge in [0, 0.05) is 22.5 Å². The lowest BCUT2D eigenvalue weighted by molar-refractivity contribution is 0.301. The smallest absolute Gasteiger partial charge is 0.0558 e. The highest BCUT2D eigenvalue weighted by molar-refractivity contribution is 8.02. The molecule has 3 heteroatoms. The van der Waals surface area contributed by atoms with Gasteiger partial charge in [-0.05, 0) is 22.3 Å². The Bertz CT molecular complexity index is 666. The summed E-state index contributed by atoms with van der Waals surface area (Å²) in [5.41, 5.74) is 4.95. The van der Waals surface area contributed by atoms with Crippen molar-refractivity contribution in [3.63, 3.8) is 0 Å². The van der Waals surface area contributed by atoms with Gasteiger partial charge in [0.15, 0.2) is 0 Å². The number of benzene rings is 2. The van der Waals surface area contributed by atoms with E-state index >= 15 is 0 Å². The lowest BCUT2D eigenvalue weighted by atomic mass is 10.1. The molecule has 0 saturated carbocycles. The van der Waals surface area contributed by atoms with Crippen molar-refractivity contribution in [3.05, 3.63) is 83.9 Å². The van der Waals surface area contributed by atoms with Gasteiger partial charge in [0.05, 0.1) is 6.61 Å². The molecule has 2 aromatic rings. The van der Waals surface area contributed by atoms with Gasteiger partial charge in [0.25, 0.3) is 0 Å². The standard InChI is InChI=1S/C21H24OS2/c1-3-17-9-5-7-11-19(17)14-23-16-21(13-22)24-15-20-12-8-6-10-18(20)4-2/h3-12,21-22H,1-2,13-16H2. The van der Waals surface area contributed by atoms with E-state index in [0.29, 0.717) is 0 Å². The van der Waals surface area contributed by atoms with Crippen LogP contribution in [0.25, 0.3) is 12.2 Å². The fourth-order valence-corrected chi connectivity index (χ4v) is 4.82. The second-order valence-electron chi connectivity index (χ2n) is 5.44. The minimum absolute atomic E-state index is 0.205. The summed E-state index contributed by atoms with van der Waals surface area (Å²) < 4.78 is 0. The van der Waals surface area contributed by atoms with Crippen molar-refractivity contribution in [3.8, 4) is 0 Å². The van der Waals surface area contributed by atoms with Crippen LogP contribution in [0, 0.1) is 0 Å². The largest absolute Gasteiger partial charge is 0.395 e. The van der Waals surface area contributed by atoms with E-state index < -0.39 is 0 Å². The molecule has 1 atom stereocenters. The molecule has 0 aliphatic rings. The number of rotatable bonds is 10. The molecular weight excluding hydrogens is 332 g/mol. The first-order valence-electron chi connectivity index (χ1n) is 7.99. The monoisotopic (exact) mass is 356 g/mol. The van der Waals surface area contributed by atoms with Crippen LogP contribution in [0.2, 0.25) is 0 Å². The molecule has 0 saturated heterocycles. The molecule has 0 spiro atoms. The molecule has 0 aromatic heterocycles. The van der Waals surface area contributed by atoms with E-state index in [4.69, 9.17) is 0 Å². The fourth-order valence-electron chi connectivity index (χ4n) is 2.39. The first kappa shape index (κ1) is 18.9. The average molecular weight is 357 g/mol. The molecule has 0 heterocycles. The molecule has 24 heavy (non-hydrogen) atoms. The van der Waals surface area contributed by atoms with Crippen LogP contribution in [-0.2, 0) is 11.5 Å². The number of aliphatic hydroxyl groups excluding tert-OH is 1. The van der Waals surface area contributed by atoms with E-state index in [9.17, 15) is 5.11 Å². The molecular formula is C21H24OS2. The van der Waals surface area contributed by atoms with E-state index in [1.807, 2.05) is 47.8 Å². The van der Waals surface area contributed by atoms with Crippen molar-refractivity contribution >= 4 is 35.7 Å². The zero-order valence-corrected chi connectivity index (χ0v) is 15.5. The zero-order valence-electron chi connectivity index (χ0n) is 13.9. The van der Waals surface area contributed by atoms with E-state index in [2.05, 4.69) is 49.6 Å². The Morgan fingerprint density at radius 3 is 1.96 bits per heavy atom. The number of thioether (sulfide) groups is 2. The maximum absolute atomic E-state index is 9.66. The fraction of sp³-hybridized carbons (Fsp3) is 0.238. The third-order valence-electron chi connectivity index (χ3n) is 3.79. The van der Waals surface area contributed by atoms with Crippen LogP contribution in [0.4, 0.5) is 0 Å². The number of hydrogen-bond acceptors (Lipinski definition) is 3. The van der Waals surface area contributed by atoms with Gasteiger partial charge in [-0.2, -0.15) is 23.5 Å². The lowest BCUT2D eigenvalue weighted by Crippen LogP contribution is -2.12. The quantitative estimate of drug-likeness (QED) is 0.607. The van der Waals surface area contributed by atoms with Gasteiger partial charge in [-0.3, -0.25) is 0 Å². The second-order valence-corrected chi connectivity index (χ2v) is 7.76. The number of aliphatic hydroxyl groups is 1. The topological polar surface area (TPSA) is 20.2 Å². The van der Waals surface area contributed by atoms with Crippen LogP contribution in [0.15, 0.2) is 61.7 Å². The summed E-state index contributed by atoms with van der Waals surface area (Å²) >= 11 is 3.68. The van der Waals surface area contributed by atoms with Crippen LogP contribution >= 0.6 is 23.5 Å². The van der Waals surface area contributed by atoms with Gasteiger partial charge in [-0.25, -0.2) is 0 Å². The molecule has 1 nitrogen and oxygen atoms in total. The Hall–Kier alpha value is -1.42. The molecule has 0 aliphatic carbocycles. The van der Waals surface area contributed by atoms with Gasteiger partial charge in [0.1, 0.15) is 0 Å². The van der Waals surface area contributed by atoms with Crippen LogP contribution in [0.1, 0.15) is 22.3 Å². The maximum atomic E-state index is 9.66. The summed E-state index contributed by atoms with van der Waals surface area (Å²) in [6.45, 7) is 7.94. The van der Waals surface area contributed by atoms with Gasteiger partial charge in [-0.15, -0.1) is 0 Å². The van der Waals surface area contributed by atoms with Crippen molar-refractivity contribution in [1.82, 2.24) is 0 Å². The van der Waals surface area contributed by atoms with Gasteiger partial charge < -0.3 is 5.11 Å². The molecule has 2 aromatic carbocycles. The lowest BCUT2D eigenvalue weighted by Gasteiger charge is -2.15. The third kappa shape index (κ3) is 5.59. The van der Waals surface area contributed by atoms with E-state index in [0.717, 1.165) is 17.3 Å². The Morgan fingerprint density at radius 2 is 1.42 bits per heavy atom. The highest BCUT2D eigenvalue weighted by Gasteiger charge is 2.10. The van der Waals surface area contributed by atoms with Gasteiger partial charge in [-0.1, -0.05) is 73.8 Å². The first-order valence-corrected chi connectivity index (χ1v) is 10.2. The molecule has 0 radical (unpaired) electrons. The Balaban J connectivity index is 1.84.